The third-order valence-corrected chi connectivity index (χ3v) is 13.8. The molecule has 0 fully saturated rings. The van der Waals surface area contributed by atoms with Crippen molar-refractivity contribution in [1.82, 2.24) is 0 Å². The van der Waals surface area contributed by atoms with Gasteiger partial charge in [0.2, 0.25) is 0 Å². The third kappa shape index (κ3) is 4.73. The molecular formula is C58H43N. The molecule has 0 atom stereocenters. The SMILES string of the molecule is CC1(C)c2ccccc2-c2ccc(N(c3ccc4c5ccccc5c5ccccc5c4c3)c3ccc4cccc5c4c3-c3cccc(-c4ccccc4)c3C5(C)C)cc21. The van der Waals surface area contributed by atoms with Crippen molar-refractivity contribution in [1.29, 1.82) is 0 Å². The molecule has 2 aliphatic carbocycles. The fraction of sp³-hybridized carbons (Fsp3) is 0.103. The van der Waals surface area contributed by atoms with Gasteiger partial charge in [0.25, 0.3) is 0 Å². The van der Waals surface area contributed by atoms with Crippen LogP contribution in [0.4, 0.5) is 17.1 Å². The highest BCUT2D eigenvalue weighted by atomic mass is 15.1. The highest BCUT2D eigenvalue weighted by Gasteiger charge is 2.39. The third-order valence-electron chi connectivity index (χ3n) is 13.8. The van der Waals surface area contributed by atoms with Gasteiger partial charge in [-0.15, -0.1) is 0 Å². The molecular weight excluding hydrogens is 711 g/mol. The molecule has 0 aromatic heterocycles. The molecule has 59 heavy (non-hydrogen) atoms. The second-order valence-corrected chi connectivity index (χ2v) is 17.6. The first-order valence-electron chi connectivity index (χ1n) is 20.9. The van der Waals surface area contributed by atoms with Gasteiger partial charge in [-0.2, -0.15) is 0 Å². The van der Waals surface area contributed by atoms with Gasteiger partial charge in [-0.1, -0.05) is 185 Å². The number of nitrogens with zero attached hydrogens (tertiary/aromatic N) is 1. The summed E-state index contributed by atoms with van der Waals surface area (Å²) in [5.74, 6) is 0. The second-order valence-electron chi connectivity index (χ2n) is 17.6. The van der Waals surface area contributed by atoms with E-state index in [1.807, 2.05) is 0 Å². The quantitative estimate of drug-likeness (QED) is 0.162. The van der Waals surface area contributed by atoms with E-state index in [4.69, 9.17) is 0 Å². The number of hydrogen-bond donors (Lipinski definition) is 0. The molecule has 280 valence electrons. The lowest BCUT2D eigenvalue weighted by Crippen LogP contribution is -2.25. The summed E-state index contributed by atoms with van der Waals surface area (Å²) in [5, 5.41) is 10.3. The van der Waals surface area contributed by atoms with Crippen LogP contribution in [0, 0.1) is 0 Å². The molecule has 2 aliphatic rings. The molecule has 0 radical (unpaired) electrons. The van der Waals surface area contributed by atoms with Crippen molar-refractivity contribution in [3.63, 3.8) is 0 Å². The monoisotopic (exact) mass is 753 g/mol. The van der Waals surface area contributed by atoms with Crippen LogP contribution in [0.5, 0.6) is 0 Å². The molecule has 0 aliphatic heterocycles. The molecule has 12 rings (SSSR count). The van der Waals surface area contributed by atoms with Gasteiger partial charge in [0, 0.05) is 27.8 Å². The minimum atomic E-state index is -0.232. The van der Waals surface area contributed by atoms with Gasteiger partial charge in [-0.25, -0.2) is 0 Å². The van der Waals surface area contributed by atoms with Crippen molar-refractivity contribution in [2.45, 2.75) is 38.5 Å². The average Bonchev–Trinajstić information content (AvgIpc) is 3.51. The lowest BCUT2D eigenvalue weighted by molar-refractivity contribution is 0.647. The lowest BCUT2D eigenvalue weighted by atomic mass is 9.66. The van der Waals surface area contributed by atoms with E-state index < -0.39 is 0 Å². The van der Waals surface area contributed by atoms with Gasteiger partial charge in [0.15, 0.2) is 0 Å². The van der Waals surface area contributed by atoms with Crippen molar-refractivity contribution in [2.24, 2.45) is 0 Å². The molecule has 0 saturated heterocycles. The smallest absolute Gasteiger partial charge is 0.0546 e. The molecule has 0 saturated carbocycles. The Bertz CT molecular complexity index is 3350. The summed E-state index contributed by atoms with van der Waals surface area (Å²) in [6, 6.07) is 70.7. The van der Waals surface area contributed by atoms with Gasteiger partial charge in [0.05, 0.1) is 5.69 Å². The summed E-state index contributed by atoms with van der Waals surface area (Å²) in [7, 11) is 0. The second kappa shape index (κ2) is 12.3. The van der Waals surface area contributed by atoms with Crippen LogP contribution in [0.2, 0.25) is 0 Å². The van der Waals surface area contributed by atoms with Crippen molar-refractivity contribution in [3.8, 4) is 33.4 Å². The van der Waals surface area contributed by atoms with Gasteiger partial charge >= 0.3 is 0 Å². The van der Waals surface area contributed by atoms with Crippen LogP contribution in [-0.2, 0) is 10.8 Å². The van der Waals surface area contributed by atoms with E-state index in [-0.39, 0.29) is 10.8 Å². The summed E-state index contributed by atoms with van der Waals surface area (Å²) in [5.41, 5.74) is 16.4. The van der Waals surface area contributed by atoms with E-state index in [2.05, 4.69) is 221 Å². The predicted octanol–water partition coefficient (Wildman–Crippen LogP) is 16.0. The van der Waals surface area contributed by atoms with Crippen LogP contribution in [0.25, 0.3) is 76.5 Å². The largest absolute Gasteiger partial charge is 0.310 e. The maximum Gasteiger partial charge on any atom is 0.0546 e. The molecule has 0 bridgehead atoms. The van der Waals surface area contributed by atoms with E-state index in [1.165, 1.54) is 104 Å². The lowest BCUT2D eigenvalue weighted by Gasteiger charge is -2.39. The number of rotatable bonds is 4. The molecule has 0 amide bonds. The van der Waals surface area contributed by atoms with Gasteiger partial charge in [0.1, 0.15) is 0 Å². The van der Waals surface area contributed by atoms with Crippen LogP contribution in [0.15, 0.2) is 188 Å². The van der Waals surface area contributed by atoms with E-state index in [0.717, 1.165) is 11.4 Å². The fourth-order valence-corrected chi connectivity index (χ4v) is 11.1. The molecule has 1 heteroatoms. The Balaban J connectivity index is 1.20. The normalized spacial score (nSPS) is 14.4. The predicted molar refractivity (Wildman–Crippen MR) is 252 cm³/mol. The van der Waals surface area contributed by atoms with Gasteiger partial charge < -0.3 is 4.90 Å². The van der Waals surface area contributed by atoms with Crippen LogP contribution in [-0.4, -0.2) is 0 Å². The van der Waals surface area contributed by atoms with Crippen LogP contribution in [0.3, 0.4) is 0 Å². The molecule has 10 aromatic rings. The minimum Gasteiger partial charge on any atom is -0.310 e. The number of hydrogen-bond acceptors (Lipinski definition) is 1. The Labute approximate surface area is 345 Å². The van der Waals surface area contributed by atoms with Crippen molar-refractivity contribution in [2.75, 3.05) is 4.90 Å². The van der Waals surface area contributed by atoms with Gasteiger partial charge in [-0.3, -0.25) is 0 Å². The van der Waals surface area contributed by atoms with E-state index in [1.54, 1.807) is 0 Å². The standard InChI is InChI=1S/C58H43N/c1-57(2)50-26-13-12-23-46(50)47-32-30-39(35-52(47)57)59(38-29-31-45-43-21-9-8-19-41(43)42-20-10-11-22-44(42)49(45)34-38)53-33-28-37-18-14-27-51-54(37)55(53)48-25-15-24-40(56(48)58(51,3)4)36-16-6-5-7-17-36/h5-35H,1-4H3. The average molecular weight is 754 g/mol. The van der Waals surface area contributed by atoms with Crippen LogP contribution < -0.4 is 4.90 Å². The first kappa shape index (κ1) is 34.1. The van der Waals surface area contributed by atoms with E-state index in [0.29, 0.717) is 0 Å². The zero-order valence-electron chi connectivity index (χ0n) is 33.8. The summed E-state index contributed by atoms with van der Waals surface area (Å²) < 4.78 is 0. The number of benzene rings is 10. The zero-order valence-corrected chi connectivity index (χ0v) is 33.8. The Hall–Kier alpha value is -6.96. The zero-order chi connectivity index (χ0) is 39.6. The molecule has 10 aromatic carbocycles. The summed E-state index contributed by atoms with van der Waals surface area (Å²) >= 11 is 0. The van der Waals surface area contributed by atoms with Crippen molar-refractivity contribution >= 4 is 60.2 Å². The Kier molecular flexibility index (Phi) is 7.10. The molecule has 0 unspecified atom stereocenters. The maximum atomic E-state index is 2.56. The Morgan fingerprint density at radius 2 is 0.915 bits per heavy atom. The van der Waals surface area contributed by atoms with Crippen molar-refractivity contribution < 1.29 is 0 Å². The molecule has 0 spiro atoms. The fourth-order valence-electron chi connectivity index (χ4n) is 11.1. The Morgan fingerprint density at radius 1 is 0.356 bits per heavy atom. The maximum absolute atomic E-state index is 2.56. The Morgan fingerprint density at radius 3 is 1.68 bits per heavy atom. The van der Waals surface area contributed by atoms with E-state index in [9.17, 15) is 0 Å². The highest BCUT2D eigenvalue weighted by molar-refractivity contribution is 6.26. The van der Waals surface area contributed by atoms with E-state index >= 15 is 0 Å². The molecule has 0 N–H and O–H groups in total. The van der Waals surface area contributed by atoms with Crippen LogP contribution >= 0.6 is 0 Å². The number of fused-ring (bicyclic) bond motifs is 11. The van der Waals surface area contributed by atoms with Gasteiger partial charge in [-0.05, 0) is 123 Å². The molecule has 0 heterocycles. The minimum absolute atomic E-state index is 0.141. The summed E-state index contributed by atoms with van der Waals surface area (Å²) in [6.07, 6.45) is 0. The highest BCUT2D eigenvalue weighted by Crippen LogP contribution is 2.57. The van der Waals surface area contributed by atoms with Crippen LogP contribution in [0.1, 0.15) is 49.9 Å². The summed E-state index contributed by atoms with van der Waals surface area (Å²) in [4.78, 5) is 2.56. The van der Waals surface area contributed by atoms with Crippen molar-refractivity contribution in [3.05, 3.63) is 210 Å². The first-order valence-corrected chi connectivity index (χ1v) is 20.9. The number of anilines is 3. The summed E-state index contributed by atoms with van der Waals surface area (Å²) in [6.45, 7) is 9.60. The molecule has 1 nitrogen and oxygen atoms in total. The topological polar surface area (TPSA) is 3.24 Å². The first-order chi connectivity index (χ1) is 28.8.